The lowest BCUT2D eigenvalue weighted by atomic mass is 10.0. The number of likely N-dealkylation sites (N-methyl/N-ethyl adjacent to an activating group) is 1. The van der Waals surface area contributed by atoms with E-state index in [0.717, 1.165) is 17.5 Å². The Morgan fingerprint density at radius 1 is 1.07 bits per heavy atom. The molecular weight excluding hydrogens is 370 g/mol. The molecule has 0 fully saturated rings. The average molecular weight is 406 g/mol. The number of hydrogen-bond donors (Lipinski definition) is 2. The SMILES string of the molecule is CCc1ccc(C(C(=O)NC(C)C)N(CC)C(=O)CNC(=O)OC(C)(C)C)cc1. The van der Waals surface area contributed by atoms with E-state index in [1.165, 1.54) is 4.90 Å². The van der Waals surface area contributed by atoms with Crippen LogP contribution in [-0.2, 0) is 20.7 Å². The summed E-state index contributed by atoms with van der Waals surface area (Å²) in [6, 6.07) is 6.83. The minimum absolute atomic E-state index is 0.0615. The topological polar surface area (TPSA) is 87.7 Å². The highest BCUT2D eigenvalue weighted by atomic mass is 16.6. The standard InChI is InChI=1S/C22H35N3O4/c1-8-16-10-12-17(13-11-16)19(20(27)24-15(3)4)25(9-2)18(26)14-23-21(28)29-22(5,6)7/h10-13,15,19H,8-9,14H2,1-7H3,(H,23,28)(H,24,27). The second-order valence-electron chi connectivity index (χ2n) is 8.20. The molecule has 0 heterocycles. The summed E-state index contributed by atoms with van der Waals surface area (Å²) in [5.41, 5.74) is 1.23. The Hall–Kier alpha value is -2.57. The van der Waals surface area contributed by atoms with Gasteiger partial charge in [0, 0.05) is 12.6 Å². The second kappa shape index (κ2) is 10.8. The first-order valence-corrected chi connectivity index (χ1v) is 10.1. The number of amides is 3. The molecule has 1 rings (SSSR count). The largest absolute Gasteiger partial charge is 0.444 e. The van der Waals surface area contributed by atoms with Gasteiger partial charge in [0.2, 0.25) is 11.8 Å². The van der Waals surface area contributed by atoms with Gasteiger partial charge in [-0.1, -0.05) is 31.2 Å². The summed E-state index contributed by atoms with van der Waals surface area (Å²) in [6.45, 7) is 12.9. The van der Waals surface area contributed by atoms with Gasteiger partial charge in [-0.05, 0) is 59.1 Å². The van der Waals surface area contributed by atoms with E-state index in [1.54, 1.807) is 27.7 Å². The van der Waals surface area contributed by atoms with Crippen molar-refractivity contribution in [2.24, 2.45) is 0 Å². The van der Waals surface area contributed by atoms with Gasteiger partial charge in [-0.2, -0.15) is 0 Å². The van der Waals surface area contributed by atoms with Crippen LogP contribution in [0, 0.1) is 0 Å². The van der Waals surface area contributed by atoms with Crippen molar-refractivity contribution < 1.29 is 19.1 Å². The highest BCUT2D eigenvalue weighted by Gasteiger charge is 2.31. The molecule has 1 atom stereocenters. The van der Waals surface area contributed by atoms with Gasteiger partial charge in [0.1, 0.15) is 18.2 Å². The third-order valence-corrected chi connectivity index (χ3v) is 4.14. The van der Waals surface area contributed by atoms with Crippen LogP contribution in [0.15, 0.2) is 24.3 Å². The Morgan fingerprint density at radius 2 is 1.66 bits per heavy atom. The predicted octanol–water partition coefficient (Wildman–Crippen LogP) is 3.19. The summed E-state index contributed by atoms with van der Waals surface area (Å²) in [5, 5.41) is 5.36. The Morgan fingerprint density at radius 3 is 2.10 bits per heavy atom. The first kappa shape index (κ1) is 24.5. The van der Waals surface area contributed by atoms with E-state index in [9.17, 15) is 14.4 Å². The van der Waals surface area contributed by atoms with Gasteiger partial charge in [0.05, 0.1) is 0 Å². The Labute approximate surface area is 174 Å². The van der Waals surface area contributed by atoms with E-state index in [0.29, 0.717) is 6.54 Å². The van der Waals surface area contributed by atoms with E-state index in [4.69, 9.17) is 4.74 Å². The number of aryl methyl sites for hydroxylation is 1. The molecule has 0 aliphatic carbocycles. The van der Waals surface area contributed by atoms with E-state index >= 15 is 0 Å². The Balaban J connectivity index is 3.04. The fourth-order valence-corrected chi connectivity index (χ4v) is 2.84. The van der Waals surface area contributed by atoms with Crippen molar-refractivity contribution in [3.05, 3.63) is 35.4 Å². The molecule has 29 heavy (non-hydrogen) atoms. The molecule has 3 amide bonds. The van der Waals surface area contributed by atoms with Crippen LogP contribution in [0.5, 0.6) is 0 Å². The molecular formula is C22H35N3O4. The molecule has 1 aromatic carbocycles. The lowest BCUT2D eigenvalue weighted by Gasteiger charge is -2.31. The van der Waals surface area contributed by atoms with Gasteiger partial charge >= 0.3 is 6.09 Å². The highest BCUT2D eigenvalue weighted by molar-refractivity contribution is 5.90. The molecule has 1 unspecified atom stereocenters. The molecule has 0 saturated carbocycles. The minimum Gasteiger partial charge on any atom is -0.444 e. The monoisotopic (exact) mass is 405 g/mol. The van der Waals surface area contributed by atoms with E-state index in [-0.39, 0.29) is 24.4 Å². The maximum Gasteiger partial charge on any atom is 0.408 e. The number of rotatable bonds is 8. The van der Waals surface area contributed by atoms with Crippen LogP contribution in [0.4, 0.5) is 4.79 Å². The molecule has 0 radical (unpaired) electrons. The van der Waals surface area contributed by atoms with Crippen LogP contribution >= 0.6 is 0 Å². The number of hydrogen-bond acceptors (Lipinski definition) is 4. The number of benzene rings is 1. The van der Waals surface area contributed by atoms with Crippen LogP contribution in [0.25, 0.3) is 0 Å². The third-order valence-electron chi connectivity index (χ3n) is 4.14. The number of nitrogens with zero attached hydrogens (tertiary/aromatic N) is 1. The minimum atomic E-state index is -0.777. The molecule has 1 aromatic rings. The number of alkyl carbamates (subject to hydrolysis) is 1. The van der Waals surface area contributed by atoms with Crippen molar-refractivity contribution >= 4 is 17.9 Å². The summed E-state index contributed by atoms with van der Waals surface area (Å²) in [5.74, 6) is -0.612. The van der Waals surface area contributed by atoms with Crippen LogP contribution < -0.4 is 10.6 Å². The zero-order chi connectivity index (χ0) is 22.2. The molecule has 162 valence electrons. The first-order valence-electron chi connectivity index (χ1n) is 10.1. The maximum atomic E-state index is 12.9. The zero-order valence-electron chi connectivity index (χ0n) is 18.7. The van der Waals surface area contributed by atoms with E-state index < -0.39 is 17.7 Å². The van der Waals surface area contributed by atoms with Crippen LogP contribution in [-0.4, -0.2) is 47.5 Å². The number of ether oxygens (including phenoxy) is 1. The number of carbonyl (C=O) groups excluding carboxylic acids is 3. The van der Waals surface area contributed by atoms with Crippen molar-refractivity contribution in [2.45, 2.75) is 72.6 Å². The van der Waals surface area contributed by atoms with Crippen LogP contribution in [0.3, 0.4) is 0 Å². The third kappa shape index (κ3) is 8.13. The van der Waals surface area contributed by atoms with Gasteiger partial charge < -0.3 is 20.3 Å². The fourth-order valence-electron chi connectivity index (χ4n) is 2.84. The van der Waals surface area contributed by atoms with E-state index in [2.05, 4.69) is 17.6 Å². The van der Waals surface area contributed by atoms with Crippen molar-refractivity contribution in [3.8, 4) is 0 Å². The van der Waals surface area contributed by atoms with Gasteiger partial charge in [-0.15, -0.1) is 0 Å². The van der Waals surface area contributed by atoms with Gasteiger partial charge in [-0.25, -0.2) is 4.79 Å². The lowest BCUT2D eigenvalue weighted by molar-refractivity contribution is -0.140. The van der Waals surface area contributed by atoms with Crippen LogP contribution in [0.1, 0.15) is 65.6 Å². The van der Waals surface area contributed by atoms with Crippen LogP contribution in [0.2, 0.25) is 0 Å². The highest BCUT2D eigenvalue weighted by Crippen LogP contribution is 2.22. The average Bonchev–Trinajstić information content (AvgIpc) is 2.62. The molecule has 7 heteroatoms. The molecule has 0 aromatic heterocycles. The molecule has 2 N–H and O–H groups in total. The van der Waals surface area contributed by atoms with Crippen molar-refractivity contribution in [1.29, 1.82) is 0 Å². The Bertz CT molecular complexity index is 693. The van der Waals surface area contributed by atoms with E-state index in [1.807, 2.05) is 38.1 Å². The molecule has 0 bridgehead atoms. The molecule has 7 nitrogen and oxygen atoms in total. The maximum absolute atomic E-state index is 12.9. The Kier molecular flexibility index (Phi) is 9.14. The first-order chi connectivity index (χ1) is 13.5. The summed E-state index contributed by atoms with van der Waals surface area (Å²) in [7, 11) is 0. The summed E-state index contributed by atoms with van der Waals surface area (Å²) >= 11 is 0. The normalized spacial score (nSPS) is 12.3. The van der Waals surface area contributed by atoms with Crippen molar-refractivity contribution in [1.82, 2.24) is 15.5 Å². The molecule has 0 spiro atoms. The smallest absolute Gasteiger partial charge is 0.408 e. The predicted molar refractivity (Wildman–Crippen MR) is 113 cm³/mol. The number of carbonyl (C=O) groups is 3. The molecule has 0 saturated heterocycles. The quantitative estimate of drug-likeness (QED) is 0.695. The molecule has 0 aliphatic rings. The van der Waals surface area contributed by atoms with Crippen molar-refractivity contribution in [2.75, 3.05) is 13.1 Å². The second-order valence-corrected chi connectivity index (χ2v) is 8.20. The van der Waals surface area contributed by atoms with Gasteiger partial charge in [0.15, 0.2) is 0 Å². The molecule has 0 aliphatic heterocycles. The zero-order valence-corrected chi connectivity index (χ0v) is 18.7. The lowest BCUT2D eigenvalue weighted by Crippen LogP contribution is -2.48. The number of nitrogens with one attached hydrogen (secondary N) is 2. The summed E-state index contributed by atoms with van der Waals surface area (Å²) in [6.07, 6.45) is 0.219. The van der Waals surface area contributed by atoms with Gasteiger partial charge in [0.25, 0.3) is 0 Å². The van der Waals surface area contributed by atoms with Gasteiger partial charge in [-0.3, -0.25) is 9.59 Å². The fraction of sp³-hybridized carbons (Fsp3) is 0.591. The summed E-state index contributed by atoms with van der Waals surface area (Å²) < 4.78 is 5.17. The van der Waals surface area contributed by atoms with Crippen molar-refractivity contribution in [3.63, 3.8) is 0 Å². The summed E-state index contributed by atoms with van der Waals surface area (Å²) in [4.78, 5) is 39.1.